The van der Waals surface area contributed by atoms with E-state index in [4.69, 9.17) is 10.4 Å². The Bertz CT molecular complexity index is 618. The van der Waals surface area contributed by atoms with Crippen molar-refractivity contribution in [3.8, 4) is 6.07 Å². The number of rotatable bonds is 3. The molecular formula is C13H8N2O2S. The first-order valence-electron chi connectivity index (χ1n) is 5.06. The number of hydrogen-bond donors (Lipinski definition) is 1. The van der Waals surface area contributed by atoms with Crippen molar-refractivity contribution in [2.45, 2.75) is 9.79 Å². The molecule has 2 aromatic rings. The normalized spacial score (nSPS) is 9.72. The Labute approximate surface area is 108 Å². The van der Waals surface area contributed by atoms with Crippen LogP contribution in [-0.2, 0) is 0 Å². The highest BCUT2D eigenvalue weighted by Gasteiger charge is 2.04. The smallest absolute Gasteiger partial charge is 0.335 e. The van der Waals surface area contributed by atoms with E-state index in [1.807, 2.05) is 12.1 Å². The molecule has 0 aliphatic carbocycles. The van der Waals surface area contributed by atoms with Gasteiger partial charge >= 0.3 is 5.97 Å². The van der Waals surface area contributed by atoms with Crippen molar-refractivity contribution < 1.29 is 9.90 Å². The molecule has 18 heavy (non-hydrogen) atoms. The number of benzene rings is 1. The maximum Gasteiger partial charge on any atom is 0.335 e. The summed E-state index contributed by atoms with van der Waals surface area (Å²) in [6.45, 7) is 0. The van der Waals surface area contributed by atoms with E-state index in [9.17, 15) is 4.79 Å². The van der Waals surface area contributed by atoms with Crippen molar-refractivity contribution in [2.75, 3.05) is 0 Å². The molecule has 0 aliphatic heterocycles. The molecule has 0 unspecified atom stereocenters. The van der Waals surface area contributed by atoms with E-state index in [1.165, 1.54) is 11.8 Å². The van der Waals surface area contributed by atoms with Gasteiger partial charge in [-0.15, -0.1) is 0 Å². The van der Waals surface area contributed by atoms with Crippen LogP contribution in [0.15, 0.2) is 52.4 Å². The summed E-state index contributed by atoms with van der Waals surface area (Å²) in [5, 5.41) is 17.5. The molecule has 0 amide bonds. The van der Waals surface area contributed by atoms with E-state index in [-0.39, 0.29) is 5.56 Å². The summed E-state index contributed by atoms with van der Waals surface area (Å²) >= 11 is 1.40. The molecule has 4 nitrogen and oxygen atoms in total. The molecule has 5 heteroatoms. The fourth-order valence-corrected chi connectivity index (χ4v) is 2.18. The third kappa shape index (κ3) is 2.87. The number of pyridine rings is 1. The Kier molecular flexibility index (Phi) is 3.60. The lowest BCUT2D eigenvalue weighted by atomic mass is 10.2. The van der Waals surface area contributed by atoms with Gasteiger partial charge in [0.15, 0.2) is 0 Å². The third-order valence-corrected chi connectivity index (χ3v) is 3.13. The van der Waals surface area contributed by atoms with Gasteiger partial charge in [-0.3, -0.25) is 0 Å². The first kappa shape index (κ1) is 12.1. The lowest BCUT2D eigenvalue weighted by molar-refractivity contribution is 0.0696. The molecule has 0 atom stereocenters. The molecule has 2 rings (SSSR count). The average molecular weight is 256 g/mol. The molecule has 1 N–H and O–H groups in total. The second-order valence-electron chi connectivity index (χ2n) is 3.43. The molecule has 88 valence electrons. The largest absolute Gasteiger partial charge is 0.478 e. The Morgan fingerprint density at radius 1 is 1.28 bits per heavy atom. The second-order valence-corrected chi connectivity index (χ2v) is 4.57. The minimum absolute atomic E-state index is 0.251. The minimum atomic E-state index is -0.949. The number of carboxylic acids is 1. The lowest BCUT2D eigenvalue weighted by Gasteiger charge is -2.02. The van der Waals surface area contributed by atoms with Crippen LogP contribution in [0.1, 0.15) is 16.1 Å². The minimum Gasteiger partial charge on any atom is -0.478 e. The van der Waals surface area contributed by atoms with Crippen molar-refractivity contribution in [1.29, 1.82) is 5.26 Å². The Morgan fingerprint density at radius 3 is 2.72 bits per heavy atom. The highest BCUT2D eigenvalue weighted by atomic mass is 32.2. The number of carbonyl (C=O) groups is 1. The van der Waals surface area contributed by atoms with Gasteiger partial charge in [-0.2, -0.15) is 5.26 Å². The van der Waals surface area contributed by atoms with Gasteiger partial charge in [0.2, 0.25) is 0 Å². The second kappa shape index (κ2) is 5.34. The zero-order valence-electron chi connectivity index (χ0n) is 9.20. The SMILES string of the molecule is N#Cc1ccc(Sc2cccc(C(=O)O)c2)cn1. The number of hydrogen-bond acceptors (Lipinski definition) is 4. The monoisotopic (exact) mass is 256 g/mol. The van der Waals surface area contributed by atoms with Gasteiger partial charge in [0.05, 0.1) is 5.56 Å². The number of aromatic nitrogens is 1. The molecule has 0 spiro atoms. The van der Waals surface area contributed by atoms with Crippen molar-refractivity contribution in [3.63, 3.8) is 0 Å². The van der Waals surface area contributed by atoms with Crippen LogP contribution in [-0.4, -0.2) is 16.1 Å². The molecular weight excluding hydrogens is 248 g/mol. The molecule has 0 saturated heterocycles. The predicted octanol–water partition coefficient (Wildman–Crippen LogP) is 2.80. The summed E-state index contributed by atoms with van der Waals surface area (Å²) in [5.41, 5.74) is 0.611. The fourth-order valence-electron chi connectivity index (χ4n) is 1.34. The molecule has 0 bridgehead atoms. The van der Waals surface area contributed by atoms with Crippen LogP contribution < -0.4 is 0 Å². The van der Waals surface area contributed by atoms with Gasteiger partial charge in [-0.25, -0.2) is 9.78 Å². The molecule has 1 aromatic carbocycles. The van der Waals surface area contributed by atoms with Gasteiger partial charge in [-0.05, 0) is 30.3 Å². The van der Waals surface area contributed by atoms with Crippen LogP contribution in [0.4, 0.5) is 0 Å². The van der Waals surface area contributed by atoms with Gasteiger partial charge in [-0.1, -0.05) is 17.8 Å². The zero-order valence-corrected chi connectivity index (χ0v) is 10.0. The third-order valence-electron chi connectivity index (χ3n) is 2.17. The van der Waals surface area contributed by atoms with Crippen LogP contribution >= 0.6 is 11.8 Å². The topological polar surface area (TPSA) is 74.0 Å². The first-order chi connectivity index (χ1) is 8.69. The summed E-state index contributed by atoms with van der Waals surface area (Å²) in [7, 11) is 0. The Balaban J connectivity index is 2.20. The Hall–Kier alpha value is -2.32. The van der Waals surface area contributed by atoms with Crippen molar-refractivity contribution >= 4 is 17.7 Å². The predicted molar refractivity (Wildman–Crippen MR) is 66.5 cm³/mol. The van der Waals surface area contributed by atoms with E-state index >= 15 is 0 Å². The van der Waals surface area contributed by atoms with Crippen LogP contribution in [0.5, 0.6) is 0 Å². The van der Waals surface area contributed by atoms with E-state index in [0.717, 1.165) is 9.79 Å². The van der Waals surface area contributed by atoms with Gasteiger partial charge in [0.25, 0.3) is 0 Å². The van der Waals surface area contributed by atoms with Gasteiger partial charge in [0, 0.05) is 16.0 Å². The summed E-state index contributed by atoms with van der Waals surface area (Å²) in [5.74, 6) is -0.949. The van der Waals surface area contributed by atoms with Crippen molar-refractivity contribution in [3.05, 3.63) is 53.9 Å². The zero-order chi connectivity index (χ0) is 13.0. The lowest BCUT2D eigenvalue weighted by Crippen LogP contribution is -1.95. The van der Waals surface area contributed by atoms with E-state index < -0.39 is 5.97 Å². The van der Waals surface area contributed by atoms with Crippen LogP contribution in [0.25, 0.3) is 0 Å². The summed E-state index contributed by atoms with van der Waals surface area (Å²) in [4.78, 5) is 16.5. The van der Waals surface area contributed by atoms with E-state index in [1.54, 1.807) is 36.5 Å². The number of nitriles is 1. The van der Waals surface area contributed by atoms with Gasteiger partial charge in [0.1, 0.15) is 11.8 Å². The molecule has 1 heterocycles. The quantitative estimate of drug-likeness (QED) is 0.914. The summed E-state index contributed by atoms with van der Waals surface area (Å²) < 4.78 is 0. The van der Waals surface area contributed by atoms with Crippen molar-refractivity contribution in [2.24, 2.45) is 0 Å². The first-order valence-corrected chi connectivity index (χ1v) is 5.88. The average Bonchev–Trinajstić information content (AvgIpc) is 2.40. The van der Waals surface area contributed by atoms with Crippen LogP contribution in [0.3, 0.4) is 0 Å². The summed E-state index contributed by atoms with van der Waals surface area (Å²) in [6, 6.07) is 12.0. The number of aromatic carboxylic acids is 1. The van der Waals surface area contributed by atoms with Crippen LogP contribution in [0.2, 0.25) is 0 Å². The molecule has 0 radical (unpaired) electrons. The molecule has 0 aliphatic rings. The standard InChI is InChI=1S/C13H8N2O2S/c14-7-10-4-5-12(8-15-10)18-11-3-1-2-9(6-11)13(16)17/h1-6,8H,(H,16,17). The fraction of sp³-hybridized carbons (Fsp3) is 0. The van der Waals surface area contributed by atoms with Gasteiger partial charge < -0.3 is 5.11 Å². The highest BCUT2D eigenvalue weighted by molar-refractivity contribution is 7.99. The Morgan fingerprint density at radius 2 is 2.11 bits per heavy atom. The molecule has 0 saturated carbocycles. The van der Waals surface area contributed by atoms with Crippen molar-refractivity contribution in [1.82, 2.24) is 4.98 Å². The van der Waals surface area contributed by atoms with E-state index in [2.05, 4.69) is 4.98 Å². The maximum atomic E-state index is 10.8. The summed E-state index contributed by atoms with van der Waals surface area (Å²) in [6.07, 6.45) is 1.59. The maximum absolute atomic E-state index is 10.8. The number of nitrogens with zero attached hydrogens (tertiary/aromatic N) is 2. The van der Waals surface area contributed by atoms with E-state index in [0.29, 0.717) is 5.69 Å². The van der Waals surface area contributed by atoms with Crippen LogP contribution in [0, 0.1) is 11.3 Å². The molecule has 0 fully saturated rings. The molecule has 1 aromatic heterocycles. The number of carboxylic acid groups (broad SMARTS) is 1. The highest BCUT2D eigenvalue weighted by Crippen LogP contribution is 2.27.